The third kappa shape index (κ3) is 4.73. The van der Waals surface area contributed by atoms with Gasteiger partial charge >= 0.3 is 5.97 Å². The van der Waals surface area contributed by atoms with E-state index in [1.807, 2.05) is 48.5 Å². The number of benzene rings is 2. The Balaban J connectivity index is 2.02. The van der Waals surface area contributed by atoms with Gasteiger partial charge in [0.15, 0.2) is 0 Å². The average molecular weight is 296 g/mol. The summed E-state index contributed by atoms with van der Waals surface area (Å²) in [7, 11) is 0. The third-order valence-corrected chi connectivity index (χ3v) is 4.36. The van der Waals surface area contributed by atoms with Crippen molar-refractivity contribution in [1.29, 1.82) is 0 Å². The summed E-state index contributed by atoms with van der Waals surface area (Å²) in [4.78, 5) is 11.7. The molecule has 0 spiro atoms. The molecule has 2 aromatic carbocycles. The van der Waals surface area contributed by atoms with Gasteiger partial charge in [0.1, 0.15) is 0 Å². The summed E-state index contributed by atoms with van der Waals surface area (Å²) in [6.45, 7) is 2.09. The van der Waals surface area contributed by atoms with Gasteiger partial charge in [-0.3, -0.25) is 4.79 Å². The predicted molar refractivity (Wildman–Crippen MR) is 89.8 cm³/mol. The van der Waals surface area contributed by atoms with Crippen molar-refractivity contribution in [1.82, 2.24) is 0 Å². The molecule has 0 aliphatic carbocycles. The lowest BCUT2D eigenvalue weighted by Gasteiger charge is -2.23. The Kier molecular flexibility index (Phi) is 6.20. The molecule has 0 saturated heterocycles. The first-order chi connectivity index (χ1) is 10.7. The number of hydrogen-bond acceptors (Lipinski definition) is 1. The molecule has 116 valence electrons. The molecular formula is C20H24O2. The molecule has 22 heavy (non-hydrogen) atoms. The fourth-order valence-electron chi connectivity index (χ4n) is 3.01. The van der Waals surface area contributed by atoms with Crippen LogP contribution in [0.3, 0.4) is 0 Å². The standard InChI is InChI=1S/C20H24O2/c1-2-18(14-13-16-9-5-3-6-10-16)19(20(21)22)15-17-11-7-4-8-12-17/h3-12,18-19H,2,13-15H2,1H3,(H,21,22). The van der Waals surface area contributed by atoms with Crippen molar-refractivity contribution in [3.8, 4) is 0 Å². The van der Waals surface area contributed by atoms with Gasteiger partial charge in [-0.15, -0.1) is 0 Å². The summed E-state index contributed by atoms with van der Waals surface area (Å²) in [5.74, 6) is -0.780. The Morgan fingerprint density at radius 2 is 1.50 bits per heavy atom. The molecule has 2 rings (SSSR count). The molecule has 0 heterocycles. The molecule has 0 aromatic heterocycles. The fraction of sp³-hybridized carbons (Fsp3) is 0.350. The summed E-state index contributed by atoms with van der Waals surface area (Å²) in [5, 5.41) is 9.63. The van der Waals surface area contributed by atoms with Crippen molar-refractivity contribution in [3.05, 3.63) is 71.8 Å². The molecule has 0 bridgehead atoms. The van der Waals surface area contributed by atoms with Gasteiger partial charge in [-0.2, -0.15) is 0 Å². The second-order valence-corrected chi connectivity index (χ2v) is 5.83. The first-order valence-corrected chi connectivity index (χ1v) is 8.01. The zero-order valence-corrected chi connectivity index (χ0v) is 13.1. The minimum absolute atomic E-state index is 0.206. The van der Waals surface area contributed by atoms with Crippen LogP contribution < -0.4 is 0 Å². The Bertz CT molecular complexity index is 563. The Labute approximate surface area is 132 Å². The van der Waals surface area contributed by atoms with Crippen molar-refractivity contribution in [2.24, 2.45) is 11.8 Å². The van der Waals surface area contributed by atoms with E-state index < -0.39 is 5.97 Å². The van der Waals surface area contributed by atoms with Crippen LogP contribution in [0.15, 0.2) is 60.7 Å². The Morgan fingerprint density at radius 1 is 0.955 bits per heavy atom. The van der Waals surface area contributed by atoms with Crippen LogP contribution in [0, 0.1) is 11.8 Å². The third-order valence-electron chi connectivity index (χ3n) is 4.36. The zero-order chi connectivity index (χ0) is 15.8. The van der Waals surface area contributed by atoms with Crippen molar-refractivity contribution >= 4 is 5.97 Å². The molecule has 0 amide bonds. The monoisotopic (exact) mass is 296 g/mol. The number of carbonyl (C=O) groups is 1. The summed E-state index contributed by atoms with van der Waals surface area (Å²) < 4.78 is 0. The molecule has 2 unspecified atom stereocenters. The molecule has 2 aromatic rings. The van der Waals surface area contributed by atoms with Gasteiger partial charge in [-0.25, -0.2) is 0 Å². The van der Waals surface area contributed by atoms with Crippen molar-refractivity contribution in [3.63, 3.8) is 0 Å². The van der Waals surface area contributed by atoms with Crippen molar-refractivity contribution in [2.45, 2.75) is 32.6 Å². The van der Waals surface area contributed by atoms with E-state index in [0.29, 0.717) is 6.42 Å². The topological polar surface area (TPSA) is 37.3 Å². The van der Waals surface area contributed by atoms with Crippen LogP contribution in [0.5, 0.6) is 0 Å². The fourth-order valence-corrected chi connectivity index (χ4v) is 3.01. The molecule has 2 heteroatoms. The Morgan fingerprint density at radius 3 is 2.00 bits per heavy atom. The highest BCUT2D eigenvalue weighted by Crippen LogP contribution is 2.26. The van der Waals surface area contributed by atoms with Crippen LogP contribution in [0.4, 0.5) is 0 Å². The van der Waals surface area contributed by atoms with Crippen LogP contribution in [0.1, 0.15) is 30.9 Å². The van der Waals surface area contributed by atoms with E-state index in [-0.39, 0.29) is 11.8 Å². The summed E-state index contributed by atoms with van der Waals surface area (Å²) >= 11 is 0. The van der Waals surface area contributed by atoms with E-state index in [0.717, 1.165) is 24.8 Å². The maximum atomic E-state index is 11.7. The van der Waals surface area contributed by atoms with E-state index in [1.165, 1.54) is 5.56 Å². The van der Waals surface area contributed by atoms with E-state index in [9.17, 15) is 9.90 Å². The number of rotatable bonds is 8. The van der Waals surface area contributed by atoms with Gasteiger partial charge in [0.05, 0.1) is 5.92 Å². The minimum Gasteiger partial charge on any atom is -0.481 e. The SMILES string of the molecule is CCC(CCc1ccccc1)C(Cc1ccccc1)C(=O)O. The van der Waals surface area contributed by atoms with Gasteiger partial charge in [-0.1, -0.05) is 74.0 Å². The van der Waals surface area contributed by atoms with Gasteiger partial charge in [0.2, 0.25) is 0 Å². The maximum Gasteiger partial charge on any atom is 0.307 e. The predicted octanol–water partition coefficient (Wildman–Crippen LogP) is 4.59. The number of carboxylic acids is 1. The molecule has 0 aliphatic rings. The quantitative estimate of drug-likeness (QED) is 0.773. The van der Waals surface area contributed by atoms with Gasteiger partial charge < -0.3 is 5.11 Å². The highest BCUT2D eigenvalue weighted by Gasteiger charge is 2.26. The molecule has 0 radical (unpaired) electrons. The van der Waals surface area contributed by atoms with Crippen LogP contribution in [0.25, 0.3) is 0 Å². The number of aryl methyl sites for hydroxylation is 1. The number of carboxylic acid groups (broad SMARTS) is 1. The molecule has 1 N–H and O–H groups in total. The van der Waals surface area contributed by atoms with Crippen molar-refractivity contribution in [2.75, 3.05) is 0 Å². The first-order valence-electron chi connectivity index (χ1n) is 8.01. The maximum absolute atomic E-state index is 11.7. The van der Waals surface area contributed by atoms with E-state index in [2.05, 4.69) is 19.1 Å². The normalized spacial score (nSPS) is 13.5. The summed E-state index contributed by atoms with van der Waals surface area (Å²) in [6.07, 6.45) is 3.38. The Hall–Kier alpha value is -2.09. The largest absolute Gasteiger partial charge is 0.481 e. The summed E-state index contributed by atoms with van der Waals surface area (Å²) in [5.41, 5.74) is 2.39. The van der Waals surface area contributed by atoms with Crippen molar-refractivity contribution < 1.29 is 9.90 Å². The molecule has 0 aliphatic heterocycles. The highest BCUT2D eigenvalue weighted by molar-refractivity contribution is 5.70. The average Bonchev–Trinajstić information content (AvgIpc) is 2.56. The molecule has 0 saturated carbocycles. The second kappa shape index (κ2) is 8.38. The second-order valence-electron chi connectivity index (χ2n) is 5.83. The van der Waals surface area contributed by atoms with Gasteiger partial charge in [0, 0.05) is 0 Å². The van der Waals surface area contributed by atoms with E-state index in [1.54, 1.807) is 0 Å². The zero-order valence-electron chi connectivity index (χ0n) is 13.1. The lowest BCUT2D eigenvalue weighted by molar-refractivity contribution is -0.143. The van der Waals surface area contributed by atoms with E-state index in [4.69, 9.17) is 0 Å². The number of aliphatic carboxylic acids is 1. The first kappa shape index (κ1) is 16.3. The van der Waals surface area contributed by atoms with Crippen LogP contribution in [0.2, 0.25) is 0 Å². The lowest BCUT2D eigenvalue weighted by atomic mass is 9.81. The van der Waals surface area contributed by atoms with Gasteiger partial charge in [-0.05, 0) is 36.3 Å². The molecule has 0 fully saturated rings. The number of hydrogen-bond donors (Lipinski definition) is 1. The van der Waals surface area contributed by atoms with Crippen LogP contribution in [-0.2, 0) is 17.6 Å². The van der Waals surface area contributed by atoms with Crippen LogP contribution >= 0.6 is 0 Å². The van der Waals surface area contributed by atoms with Gasteiger partial charge in [0.25, 0.3) is 0 Å². The minimum atomic E-state index is -0.677. The molecular weight excluding hydrogens is 272 g/mol. The smallest absolute Gasteiger partial charge is 0.307 e. The summed E-state index contributed by atoms with van der Waals surface area (Å²) in [6, 6.07) is 20.2. The highest BCUT2D eigenvalue weighted by atomic mass is 16.4. The molecule has 2 nitrogen and oxygen atoms in total. The molecule has 2 atom stereocenters. The van der Waals surface area contributed by atoms with E-state index >= 15 is 0 Å². The van der Waals surface area contributed by atoms with Crippen LogP contribution in [-0.4, -0.2) is 11.1 Å². The lowest BCUT2D eigenvalue weighted by Crippen LogP contribution is -2.26.